The number of benzene rings is 3. The number of amides is 3. The summed E-state index contributed by atoms with van der Waals surface area (Å²) in [5, 5.41) is 13.4. The van der Waals surface area contributed by atoms with Gasteiger partial charge in [-0.05, 0) is 96.2 Å². The van der Waals surface area contributed by atoms with Crippen molar-refractivity contribution in [2.45, 2.75) is 77.2 Å². The van der Waals surface area contributed by atoms with Crippen molar-refractivity contribution in [3.8, 4) is 5.75 Å². The number of carbonyl (C=O) groups is 3. The Balaban J connectivity index is 1.60. The summed E-state index contributed by atoms with van der Waals surface area (Å²) in [6, 6.07) is 17.4. The molecular weight excluding hydrogens is 693 g/mol. The van der Waals surface area contributed by atoms with Crippen molar-refractivity contribution in [2.24, 2.45) is 11.3 Å². The molecule has 1 aliphatic rings. The average molecular weight is 740 g/mol. The Hall–Kier alpha value is -4.78. The number of rotatable bonds is 14. The van der Waals surface area contributed by atoms with Crippen LogP contribution in [0, 0.1) is 11.3 Å². The average Bonchev–Trinajstić information content (AvgIpc) is 3.09. The first-order valence-electron chi connectivity index (χ1n) is 17.2. The van der Waals surface area contributed by atoms with Crippen molar-refractivity contribution >= 4 is 44.7 Å². The summed E-state index contributed by atoms with van der Waals surface area (Å²) < 4.78 is 58.0. The van der Waals surface area contributed by atoms with E-state index < -0.39 is 40.2 Å². The van der Waals surface area contributed by atoms with E-state index in [2.05, 4.69) is 32.2 Å². The fourth-order valence-electron chi connectivity index (χ4n) is 5.84. The number of halogens is 2. The van der Waals surface area contributed by atoms with E-state index in [1.165, 1.54) is 34.7 Å². The van der Waals surface area contributed by atoms with E-state index in [1.54, 1.807) is 18.2 Å². The van der Waals surface area contributed by atoms with Gasteiger partial charge in [-0.25, -0.2) is 18.0 Å². The number of anilines is 2. The zero-order chi connectivity index (χ0) is 38.3. The number of unbranched alkanes of at least 4 members (excludes halogenated alkanes) is 1. The number of hydrogen-bond donors (Lipinski definition) is 3. The van der Waals surface area contributed by atoms with Crippen LogP contribution in [0.3, 0.4) is 0 Å². The van der Waals surface area contributed by atoms with E-state index in [0.717, 1.165) is 43.9 Å². The Labute approximate surface area is 304 Å². The van der Waals surface area contributed by atoms with E-state index in [0.29, 0.717) is 23.8 Å². The largest absolute Gasteiger partial charge is 0.492 e. The SMILES string of the molecule is CCCCOc1ccc(NC(=O)N(Cc2ccc(C(=O)NCC(F)(F)C(=O)O)cc2)c2ccc(C3=CCC(C(C)(C)C)CC3)cc2)cc1S(C)(=O)=O. The van der Waals surface area contributed by atoms with E-state index in [1.807, 2.05) is 36.5 Å². The first-order chi connectivity index (χ1) is 24.4. The van der Waals surface area contributed by atoms with E-state index in [-0.39, 0.29) is 33.9 Å². The van der Waals surface area contributed by atoms with Gasteiger partial charge in [-0.2, -0.15) is 8.78 Å². The number of hydrogen-bond acceptors (Lipinski definition) is 6. The zero-order valence-electron chi connectivity index (χ0n) is 30.2. The van der Waals surface area contributed by atoms with Crippen LogP contribution in [0.15, 0.2) is 77.7 Å². The normalized spacial score (nSPS) is 15.0. The summed E-state index contributed by atoms with van der Waals surface area (Å²) in [6.07, 6.45) is 7.99. The zero-order valence-corrected chi connectivity index (χ0v) is 31.0. The van der Waals surface area contributed by atoms with Crippen molar-refractivity contribution < 1.29 is 41.4 Å². The fourth-order valence-corrected chi connectivity index (χ4v) is 6.68. The number of sulfone groups is 1. The molecule has 0 bridgehead atoms. The van der Waals surface area contributed by atoms with Crippen LogP contribution in [-0.4, -0.2) is 56.8 Å². The lowest BCUT2D eigenvalue weighted by molar-refractivity contribution is -0.163. The molecule has 1 unspecified atom stereocenters. The highest BCUT2D eigenvalue weighted by Crippen LogP contribution is 2.40. The molecule has 3 aromatic carbocycles. The van der Waals surface area contributed by atoms with Gasteiger partial charge in [-0.15, -0.1) is 0 Å². The quantitative estimate of drug-likeness (QED) is 0.142. The number of aliphatic carboxylic acids is 1. The highest BCUT2D eigenvalue weighted by Gasteiger charge is 2.39. The van der Waals surface area contributed by atoms with Crippen LogP contribution in [0.5, 0.6) is 5.75 Å². The molecule has 0 aliphatic heterocycles. The monoisotopic (exact) mass is 739 g/mol. The number of allylic oxidation sites excluding steroid dienone is 2. The molecule has 0 aromatic heterocycles. The molecule has 1 aliphatic carbocycles. The summed E-state index contributed by atoms with van der Waals surface area (Å²) in [5.41, 5.74) is 3.91. The molecule has 0 fully saturated rings. The van der Waals surface area contributed by atoms with Gasteiger partial charge in [-0.3, -0.25) is 9.69 Å². The summed E-state index contributed by atoms with van der Waals surface area (Å²) in [7, 11) is -3.70. The molecular formula is C39H47F2N3O7S. The third-order valence-electron chi connectivity index (χ3n) is 9.12. The van der Waals surface area contributed by atoms with Gasteiger partial charge in [0.25, 0.3) is 5.91 Å². The molecule has 3 N–H and O–H groups in total. The Morgan fingerprint density at radius 3 is 2.23 bits per heavy atom. The second kappa shape index (κ2) is 16.7. The van der Waals surface area contributed by atoms with Crippen molar-refractivity contribution in [1.82, 2.24) is 5.32 Å². The molecule has 0 radical (unpaired) electrons. The van der Waals surface area contributed by atoms with Gasteiger partial charge in [0, 0.05) is 23.2 Å². The summed E-state index contributed by atoms with van der Waals surface area (Å²) in [6.45, 7) is 7.77. The minimum absolute atomic E-state index is 0.0225. The first-order valence-corrected chi connectivity index (χ1v) is 19.1. The van der Waals surface area contributed by atoms with Crippen LogP contribution in [-0.2, 0) is 21.2 Å². The minimum atomic E-state index is -4.12. The van der Waals surface area contributed by atoms with Crippen molar-refractivity contribution in [1.29, 1.82) is 0 Å². The van der Waals surface area contributed by atoms with E-state index >= 15 is 0 Å². The van der Waals surface area contributed by atoms with Crippen LogP contribution in [0.1, 0.15) is 81.3 Å². The number of carboxylic acids is 1. The molecule has 0 heterocycles. The maximum atomic E-state index is 13.9. The molecule has 4 rings (SSSR count). The van der Waals surface area contributed by atoms with Gasteiger partial charge in [0.2, 0.25) is 0 Å². The van der Waals surface area contributed by atoms with Gasteiger partial charge >= 0.3 is 17.9 Å². The number of nitrogens with zero attached hydrogens (tertiary/aromatic N) is 1. The van der Waals surface area contributed by atoms with Crippen molar-refractivity contribution in [2.75, 3.05) is 29.6 Å². The van der Waals surface area contributed by atoms with Gasteiger partial charge < -0.3 is 20.5 Å². The Kier molecular flexibility index (Phi) is 12.8. The third-order valence-corrected chi connectivity index (χ3v) is 10.2. The minimum Gasteiger partial charge on any atom is -0.492 e. The fraction of sp³-hybridized carbons (Fsp3) is 0.410. The first kappa shape index (κ1) is 40.0. The summed E-state index contributed by atoms with van der Waals surface area (Å²) in [5.74, 6) is -6.55. The molecule has 1 atom stereocenters. The van der Waals surface area contributed by atoms with Gasteiger partial charge in [0.05, 0.1) is 19.7 Å². The van der Waals surface area contributed by atoms with Crippen LogP contribution in [0.2, 0.25) is 0 Å². The molecule has 13 heteroatoms. The predicted molar refractivity (Wildman–Crippen MR) is 198 cm³/mol. The number of ether oxygens (including phenoxy) is 1. The molecule has 0 saturated carbocycles. The summed E-state index contributed by atoms with van der Waals surface area (Å²) >= 11 is 0. The van der Waals surface area contributed by atoms with Crippen LogP contribution in [0.4, 0.5) is 25.0 Å². The van der Waals surface area contributed by atoms with Crippen LogP contribution < -0.4 is 20.3 Å². The van der Waals surface area contributed by atoms with Crippen molar-refractivity contribution in [3.63, 3.8) is 0 Å². The van der Waals surface area contributed by atoms with Crippen LogP contribution >= 0.6 is 0 Å². The number of carboxylic acid groups (broad SMARTS) is 1. The standard InChI is InChI=1S/C39H47F2N3O7S/c1-6-7-22-51-33-21-18-31(23-34(33)52(5,49)50)43-37(48)44(24-26-8-10-29(11-9-26)35(45)42-25-39(40,41)36(46)47)32-19-14-28(15-20-32)27-12-16-30(17-13-27)38(2,3)4/h8-12,14-15,18-21,23,30H,6-7,13,16-17,22,24-25H2,1-5H3,(H,42,45)(H,43,48)(H,46,47). The Morgan fingerprint density at radius 2 is 1.67 bits per heavy atom. The van der Waals surface area contributed by atoms with Gasteiger partial charge in [0.1, 0.15) is 10.6 Å². The second-order valence-corrected chi connectivity index (χ2v) is 16.1. The number of nitrogens with one attached hydrogen (secondary N) is 2. The number of carbonyl (C=O) groups excluding carboxylic acids is 2. The molecule has 52 heavy (non-hydrogen) atoms. The van der Waals surface area contributed by atoms with Crippen LogP contribution in [0.25, 0.3) is 5.57 Å². The number of urea groups is 1. The van der Waals surface area contributed by atoms with Crippen molar-refractivity contribution in [3.05, 3.63) is 89.5 Å². The Bertz CT molecular complexity index is 1890. The highest BCUT2D eigenvalue weighted by molar-refractivity contribution is 7.90. The lowest BCUT2D eigenvalue weighted by Crippen LogP contribution is -2.42. The topological polar surface area (TPSA) is 142 Å². The highest BCUT2D eigenvalue weighted by atomic mass is 32.2. The van der Waals surface area contributed by atoms with Gasteiger partial charge in [0.15, 0.2) is 9.84 Å². The maximum absolute atomic E-state index is 13.9. The lowest BCUT2D eigenvalue weighted by atomic mass is 9.72. The maximum Gasteiger partial charge on any atom is 0.376 e. The van der Waals surface area contributed by atoms with E-state index in [4.69, 9.17) is 9.84 Å². The molecule has 3 aromatic rings. The molecule has 3 amide bonds. The predicted octanol–water partition coefficient (Wildman–Crippen LogP) is 8.19. The lowest BCUT2D eigenvalue weighted by Gasteiger charge is -2.33. The molecule has 0 saturated heterocycles. The summed E-state index contributed by atoms with van der Waals surface area (Å²) in [4.78, 5) is 38.5. The third kappa shape index (κ3) is 10.6. The molecule has 0 spiro atoms. The second-order valence-electron chi connectivity index (χ2n) is 14.2. The Morgan fingerprint density at radius 1 is 1.00 bits per heavy atom. The van der Waals surface area contributed by atoms with E-state index in [9.17, 15) is 31.6 Å². The van der Waals surface area contributed by atoms with Gasteiger partial charge in [-0.1, -0.05) is 64.5 Å². The molecule has 10 nitrogen and oxygen atoms in total. The smallest absolute Gasteiger partial charge is 0.376 e. The number of alkyl halides is 2. The molecule has 280 valence electrons.